The third-order valence-electron chi connectivity index (χ3n) is 2.66. The maximum atomic E-state index is 11.8. The number of nitrogens with one attached hydrogen (secondary N) is 1. The Balaban J connectivity index is 2.03. The van der Waals surface area contributed by atoms with Crippen LogP contribution in [0.25, 0.3) is 6.08 Å². The third-order valence-corrected chi connectivity index (χ3v) is 3.10. The van der Waals surface area contributed by atoms with Crippen molar-refractivity contribution in [2.24, 2.45) is 0 Å². The van der Waals surface area contributed by atoms with E-state index in [9.17, 15) is 14.9 Å². The van der Waals surface area contributed by atoms with Gasteiger partial charge in [0.05, 0.1) is 4.92 Å². The highest BCUT2D eigenvalue weighted by Gasteiger charge is 2.03. The molecule has 7 heteroatoms. The van der Waals surface area contributed by atoms with Crippen LogP contribution in [-0.4, -0.2) is 10.8 Å². The molecule has 0 heterocycles. The minimum Gasteiger partial charge on any atom is -0.322 e. The fraction of sp³-hybridized carbons (Fsp3) is 0. The van der Waals surface area contributed by atoms with Gasteiger partial charge in [0.1, 0.15) is 0 Å². The van der Waals surface area contributed by atoms with E-state index in [0.717, 1.165) is 0 Å². The molecular formula is C15H10Cl2N2O3. The van der Waals surface area contributed by atoms with E-state index >= 15 is 0 Å². The number of rotatable bonds is 4. The van der Waals surface area contributed by atoms with Gasteiger partial charge in [-0.15, -0.1) is 0 Å². The van der Waals surface area contributed by atoms with E-state index in [0.29, 0.717) is 21.3 Å². The first-order valence-electron chi connectivity index (χ1n) is 6.13. The molecule has 0 spiro atoms. The molecular weight excluding hydrogens is 327 g/mol. The van der Waals surface area contributed by atoms with E-state index in [4.69, 9.17) is 23.2 Å². The normalized spacial score (nSPS) is 10.6. The van der Waals surface area contributed by atoms with Gasteiger partial charge in [0.15, 0.2) is 0 Å². The summed E-state index contributed by atoms with van der Waals surface area (Å²) in [5.74, 6) is -0.364. The van der Waals surface area contributed by atoms with E-state index in [1.807, 2.05) is 0 Å². The largest absolute Gasteiger partial charge is 0.322 e. The minimum absolute atomic E-state index is 0.00447. The predicted molar refractivity (Wildman–Crippen MR) is 87.2 cm³/mol. The monoisotopic (exact) mass is 336 g/mol. The quantitative estimate of drug-likeness (QED) is 0.505. The van der Waals surface area contributed by atoms with Crippen molar-refractivity contribution in [1.29, 1.82) is 0 Å². The lowest BCUT2D eigenvalue weighted by atomic mass is 10.2. The molecule has 2 aromatic carbocycles. The molecule has 0 aliphatic rings. The number of nitro groups is 1. The molecule has 2 aromatic rings. The summed E-state index contributed by atoms with van der Waals surface area (Å²) in [6.07, 6.45) is 2.86. The zero-order valence-corrected chi connectivity index (χ0v) is 12.6. The Hall–Kier alpha value is -2.37. The lowest BCUT2D eigenvalue weighted by Crippen LogP contribution is -2.07. The Labute approximate surface area is 136 Å². The third kappa shape index (κ3) is 4.58. The van der Waals surface area contributed by atoms with E-state index in [1.165, 1.54) is 18.2 Å². The zero-order chi connectivity index (χ0) is 16.1. The number of benzene rings is 2. The molecule has 5 nitrogen and oxygen atoms in total. The lowest BCUT2D eigenvalue weighted by molar-refractivity contribution is -0.384. The minimum atomic E-state index is -0.483. The summed E-state index contributed by atoms with van der Waals surface area (Å²) in [7, 11) is 0. The fourth-order valence-electron chi connectivity index (χ4n) is 1.69. The molecule has 0 fully saturated rings. The van der Waals surface area contributed by atoms with Crippen LogP contribution in [-0.2, 0) is 4.79 Å². The van der Waals surface area contributed by atoms with Gasteiger partial charge in [-0.25, -0.2) is 0 Å². The second-order valence-corrected chi connectivity index (χ2v) is 5.20. The molecule has 0 aromatic heterocycles. The second-order valence-electron chi connectivity index (χ2n) is 4.33. The molecule has 0 saturated carbocycles. The van der Waals surface area contributed by atoms with Crippen molar-refractivity contribution in [2.45, 2.75) is 0 Å². The molecule has 112 valence electrons. The van der Waals surface area contributed by atoms with Gasteiger partial charge in [0.25, 0.3) is 5.69 Å². The van der Waals surface area contributed by atoms with Crippen molar-refractivity contribution in [3.8, 4) is 0 Å². The van der Waals surface area contributed by atoms with Crippen LogP contribution in [0.1, 0.15) is 5.56 Å². The number of hydrogen-bond acceptors (Lipinski definition) is 3. The number of nitrogens with zero attached hydrogens (tertiary/aromatic N) is 1. The van der Waals surface area contributed by atoms with Gasteiger partial charge in [0.2, 0.25) is 5.91 Å². The molecule has 0 bridgehead atoms. The summed E-state index contributed by atoms with van der Waals surface area (Å²) in [5.41, 5.74) is 1.15. The van der Waals surface area contributed by atoms with Gasteiger partial charge in [-0.05, 0) is 42.0 Å². The molecule has 0 aliphatic heterocycles. The molecule has 0 unspecified atom stereocenters. The first-order chi connectivity index (χ1) is 10.4. The highest BCUT2D eigenvalue weighted by molar-refractivity contribution is 6.35. The summed E-state index contributed by atoms with van der Waals surface area (Å²) in [6.45, 7) is 0. The molecule has 22 heavy (non-hydrogen) atoms. The van der Waals surface area contributed by atoms with Crippen molar-refractivity contribution < 1.29 is 9.72 Å². The summed E-state index contributed by atoms with van der Waals surface area (Å²) in [6, 6.07) is 10.6. The van der Waals surface area contributed by atoms with Crippen molar-refractivity contribution in [2.75, 3.05) is 5.32 Å². The molecule has 0 aliphatic carbocycles. The number of nitro benzene ring substituents is 1. The number of carbonyl (C=O) groups is 1. The first kappa shape index (κ1) is 16.0. The SMILES string of the molecule is O=C(C=Cc1ccc([N+](=O)[O-])cc1)Nc1cc(Cl)cc(Cl)c1. The van der Waals surface area contributed by atoms with Gasteiger partial charge in [0, 0.05) is 33.9 Å². The molecule has 0 atom stereocenters. The second kappa shape index (κ2) is 7.06. The van der Waals surface area contributed by atoms with Crippen molar-refractivity contribution in [3.63, 3.8) is 0 Å². The Morgan fingerprint density at radius 3 is 2.23 bits per heavy atom. The smallest absolute Gasteiger partial charge is 0.269 e. The first-order valence-corrected chi connectivity index (χ1v) is 6.89. The summed E-state index contributed by atoms with van der Waals surface area (Å²) < 4.78 is 0. The van der Waals surface area contributed by atoms with Crippen LogP contribution in [0.3, 0.4) is 0 Å². The summed E-state index contributed by atoms with van der Waals surface area (Å²) >= 11 is 11.7. The fourth-order valence-corrected chi connectivity index (χ4v) is 2.22. The number of carbonyl (C=O) groups excluding carboxylic acids is 1. The van der Waals surface area contributed by atoms with Crippen molar-refractivity contribution in [1.82, 2.24) is 0 Å². The van der Waals surface area contributed by atoms with Gasteiger partial charge in [-0.2, -0.15) is 0 Å². The van der Waals surface area contributed by atoms with Crippen molar-refractivity contribution in [3.05, 3.63) is 74.3 Å². The van der Waals surface area contributed by atoms with Gasteiger partial charge >= 0.3 is 0 Å². The standard InChI is InChI=1S/C15H10Cl2N2O3/c16-11-7-12(17)9-13(8-11)18-15(20)6-3-10-1-4-14(5-2-10)19(21)22/h1-9H,(H,18,20). The number of halogens is 2. The van der Waals surface area contributed by atoms with Crippen LogP contribution in [0.5, 0.6) is 0 Å². The molecule has 2 rings (SSSR count). The topological polar surface area (TPSA) is 72.2 Å². The zero-order valence-electron chi connectivity index (χ0n) is 11.1. The van der Waals surface area contributed by atoms with Crippen molar-refractivity contribution >= 4 is 46.6 Å². The molecule has 1 amide bonds. The molecule has 0 radical (unpaired) electrons. The maximum absolute atomic E-state index is 11.8. The Kier molecular flexibility index (Phi) is 5.14. The Bertz CT molecular complexity index is 723. The predicted octanol–water partition coefficient (Wildman–Crippen LogP) is 4.55. The molecule has 1 N–H and O–H groups in total. The average Bonchev–Trinajstić information content (AvgIpc) is 2.44. The van der Waals surface area contributed by atoms with Gasteiger partial charge in [-0.3, -0.25) is 14.9 Å². The number of hydrogen-bond donors (Lipinski definition) is 1. The highest BCUT2D eigenvalue weighted by atomic mass is 35.5. The average molecular weight is 337 g/mol. The number of anilines is 1. The summed E-state index contributed by atoms with van der Waals surface area (Å²) in [5, 5.41) is 14.0. The number of amides is 1. The van der Waals surface area contributed by atoms with Crippen LogP contribution in [0, 0.1) is 10.1 Å². The van der Waals surface area contributed by atoms with Gasteiger partial charge < -0.3 is 5.32 Å². The van der Waals surface area contributed by atoms with Crippen LogP contribution >= 0.6 is 23.2 Å². The lowest BCUT2D eigenvalue weighted by Gasteiger charge is -2.03. The Morgan fingerprint density at radius 1 is 1.09 bits per heavy atom. The van der Waals surface area contributed by atoms with E-state index in [1.54, 1.807) is 36.4 Å². The van der Waals surface area contributed by atoms with Crippen LogP contribution < -0.4 is 5.32 Å². The van der Waals surface area contributed by atoms with Crippen LogP contribution in [0.15, 0.2) is 48.5 Å². The maximum Gasteiger partial charge on any atom is 0.269 e. The molecule has 0 saturated heterocycles. The van der Waals surface area contributed by atoms with Crippen LogP contribution in [0.2, 0.25) is 10.0 Å². The van der Waals surface area contributed by atoms with Gasteiger partial charge in [-0.1, -0.05) is 23.2 Å². The van der Waals surface area contributed by atoms with E-state index in [-0.39, 0.29) is 11.6 Å². The summed E-state index contributed by atoms with van der Waals surface area (Å²) in [4.78, 5) is 21.8. The number of non-ortho nitro benzene ring substituents is 1. The van der Waals surface area contributed by atoms with E-state index < -0.39 is 4.92 Å². The van der Waals surface area contributed by atoms with E-state index in [2.05, 4.69) is 5.32 Å². The van der Waals surface area contributed by atoms with Crippen LogP contribution in [0.4, 0.5) is 11.4 Å². The highest BCUT2D eigenvalue weighted by Crippen LogP contribution is 2.22. The Morgan fingerprint density at radius 2 is 1.68 bits per heavy atom.